The molecule has 0 bridgehead atoms. The first-order chi connectivity index (χ1) is 9.83. The molecule has 6 heteroatoms. The molecule has 2 rings (SSSR count). The molecule has 2 aromatic carbocycles. The molecule has 112 valence electrons. The normalized spacial score (nSPS) is 11.2. The molecule has 0 aliphatic rings. The van der Waals surface area contributed by atoms with Crippen molar-refractivity contribution >= 4 is 21.4 Å². The van der Waals surface area contributed by atoms with Crippen LogP contribution in [0, 0.1) is 13.8 Å². The van der Waals surface area contributed by atoms with Crippen molar-refractivity contribution in [1.82, 2.24) is 0 Å². The van der Waals surface area contributed by atoms with Gasteiger partial charge in [0.1, 0.15) is 5.75 Å². The summed E-state index contributed by atoms with van der Waals surface area (Å²) in [6.07, 6.45) is 0. The van der Waals surface area contributed by atoms with Gasteiger partial charge in [0.15, 0.2) is 0 Å². The van der Waals surface area contributed by atoms with Crippen LogP contribution in [-0.2, 0) is 10.0 Å². The van der Waals surface area contributed by atoms with Crippen molar-refractivity contribution in [3.05, 3.63) is 47.5 Å². The Morgan fingerprint density at radius 2 is 1.86 bits per heavy atom. The maximum absolute atomic E-state index is 12.5. The monoisotopic (exact) mass is 306 g/mol. The number of benzene rings is 2. The molecular formula is C15H18N2O3S. The maximum Gasteiger partial charge on any atom is 0.262 e. The number of aryl methyl sites for hydroxylation is 1. The predicted molar refractivity (Wildman–Crippen MR) is 84.1 cm³/mol. The molecule has 0 amide bonds. The summed E-state index contributed by atoms with van der Waals surface area (Å²) in [4.78, 5) is 0.183. The van der Waals surface area contributed by atoms with E-state index < -0.39 is 10.0 Å². The number of hydrogen-bond acceptors (Lipinski definition) is 4. The Morgan fingerprint density at radius 3 is 2.52 bits per heavy atom. The number of nitrogens with two attached hydrogens (primary N) is 1. The summed E-state index contributed by atoms with van der Waals surface area (Å²) in [6, 6.07) is 10.1. The minimum absolute atomic E-state index is 0.183. The molecule has 0 aromatic heterocycles. The van der Waals surface area contributed by atoms with Crippen molar-refractivity contribution in [1.29, 1.82) is 0 Å². The third kappa shape index (κ3) is 3.28. The van der Waals surface area contributed by atoms with E-state index in [2.05, 4.69) is 4.72 Å². The summed E-state index contributed by atoms with van der Waals surface area (Å²) < 4.78 is 32.7. The third-order valence-electron chi connectivity index (χ3n) is 3.16. The fourth-order valence-corrected chi connectivity index (χ4v) is 3.44. The molecule has 2 aromatic rings. The summed E-state index contributed by atoms with van der Waals surface area (Å²) in [6.45, 7) is 3.50. The van der Waals surface area contributed by atoms with Gasteiger partial charge in [0.25, 0.3) is 10.0 Å². The van der Waals surface area contributed by atoms with Crippen molar-refractivity contribution in [3.63, 3.8) is 0 Å². The van der Waals surface area contributed by atoms with E-state index in [0.717, 1.165) is 5.56 Å². The smallest absolute Gasteiger partial charge is 0.262 e. The van der Waals surface area contributed by atoms with Crippen molar-refractivity contribution in [3.8, 4) is 5.75 Å². The predicted octanol–water partition coefficient (Wildman–Crippen LogP) is 2.70. The number of hydrogen-bond donors (Lipinski definition) is 2. The highest BCUT2D eigenvalue weighted by molar-refractivity contribution is 7.92. The number of nitrogen functional groups attached to an aromatic ring is 1. The minimum atomic E-state index is -3.70. The first kappa shape index (κ1) is 15.2. The van der Waals surface area contributed by atoms with Crippen LogP contribution in [-0.4, -0.2) is 15.5 Å². The average molecular weight is 306 g/mol. The maximum atomic E-state index is 12.5. The zero-order valence-corrected chi connectivity index (χ0v) is 13.0. The molecule has 5 nitrogen and oxygen atoms in total. The molecule has 0 aliphatic carbocycles. The minimum Gasteiger partial charge on any atom is -0.497 e. The van der Waals surface area contributed by atoms with E-state index in [9.17, 15) is 8.42 Å². The van der Waals surface area contributed by atoms with Gasteiger partial charge in [0, 0.05) is 11.8 Å². The quantitative estimate of drug-likeness (QED) is 0.851. The molecule has 0 radical (unpaired) electrons. The largest absolute Gasteiger partial charge is 0.497 e. The van der Waals surface area contributed by atoms with Gasteiger partial charge >= 0.3 is 0 Å². The number of sulfonamides is 1. The Hall–Kier alpha value is -2.21. The molecule has 21 heavy (non-hydrogen) atoms. The molecule has 0 spiro atoms. The van der Waals surface area contributed by atoms with Crippen LogP contribution in [0.5, 0.6) is 5.75 Å². The van der Waals surface area contributed by atoms with Crippen molar-refractivity contribution in [2.24, 2.45) is 0 Å². The first-order valence-corrected chi connectivity index (χ1v) is 7.85. The topological polar surface area (TPSA) is 81.4 Å². The molecule has 0 atom stereocenters. The lowest BCUT2D eigenvalue weighted by Gasteiger charge is -2.13. The van der Waals surface area contributed by atoms with Crippen molar-refractivity contribution in [2.75, 3.05) is 17.6 Å². The Kier molecular flexibility index (Phi) is 4.09. The standard InChI is InChI=1S/C15H18N2O3S/c1-10-7-14(16)11(2)15(8-10)21(18,19)17-12-5-4-6-13(9-12)20-3/h4-9,17H,16H2,1-3H3. The fourth-order valence-electron chi connectivity index (χ4n) is 2.03. The second kappa shape index (κ2) is 5.65. The number of methoxy groups -OCH3 is 1. The lowest BCUT2D eigenvalue weighted by atomic mass is 10.1. The van der Waals surface area contributed by atoms with Crippen LogP contribution < -0.4 is 15.2 Å². The van der Waals surface area contributed by atoms with E-state index in [-0.39, 0.29) is 4.90 Å². The highest BCUT2D eigenvalue weighted by atomic mass is 32.2. The van der Waals surface area contributed by atoms with Gasteiger partial charge in [-0.05, 0) is 49.2 Å². The molecule has 0 aliphatic heterocycles. The van der Waals surface area contributed by atoms with Crippen LogP contribution in [0.15, 0.2) is 41.3 Å². The van der Waals surface area contributed by atoms with E-state index in [0.29, 0.717) is 22.7 Å². The van der Waals surface area contributed by atoms with Crippen LogP contribution in [0.3, 0.4) is 0 Å². The van der Waals surface area contributed by atoms with Crippen LogP contribution in [0.25, 0.3) is 0 Å². The summed E-state index contributed by atoms with van der Waals surface area (Å²) >= 11 is 0. The van der Waals surface area contributed by atoms with Crippen molar-refractivity contribution < 1.29 is 13.2 Å². The van der Waals surface area contributed by atoms with Gasteiger partial charge in [-0.2, -0.15) is 0 Å². The third-order valence-corrected chi connectivity index (χ3v) is 4.66. The molecule has 0 heterocycles. The summed E-state index contributed by atoms with van der Waals surface area (Å²) in [5.41, 5.74) is 8.08. The zero-order chi connectivity index (χ0) is 15.6. The van der Waals surface area contributed by atoms with Gasteiger partial charge < -0.3 is 10.5 Å². The van der Waals surface area contributed by atoms with Crippen LogP contribution in [0.1, 0.15) is 11.1 Å². The number of nitrogens with one attached hydrogen (secondary N) is 1. The van der Waals surface area contributed by atoms with E-state index in [1.165, 1.54) is 7.11 Å². The fraction of sp³-hybridized carbons (Fsp3) is 0.200. The second-order valence-corrected chi connectivity index (χ2v) is 6.47. The van der Waals surface area contributed by atoms with E-state index in [1.54, 1.807) is 50.2 Å². The van der Waals surface area contributed by atoms with Crippen molar-refractivity contribution in [2.45, 2.75) is 18.7 Å². The average Bonchev–Trinajstić information content (AvgIpc) is 2.42. The molecule has 0 unspecified atom stereocenters. The summed E-state index contributed by atoms with van der Waals surface area (Å²) in [7, 11) is -2.17. The lowest BCUT2D eigenvalue weighted by molar-refractivity contribution is 0.415. The molecule has 0 saturated carbocycles. The molecule has 0 fully saturated rings. The van der Waals surface area contributed by atoms with E-state index in [1.807, 2.05) is 0 Å². The Bertz CT molecular complexity index is 770. The van der Waals surface area contributed by atoms with Gasteiger partial charge in [-0.1, -0.05) is 6.07 Å². The van der Waals surface area contributed by atoms with Crippen LogP contribution >= 0.6 is 0 Å². The molecule has 0 saturated heterocycles. The highest BCUT2D eigenvalue weighted by Crippen LogP contribution is 2.26. The first-order valence-electron chi connectivity index (χ1n) is 6.37. The van der Waals surface area contributed by atoms with Gasteiger partial charge in [-0.3, -0.25) is 4.72 Å². The highest BCUT2D eigenvalue weighted by Gasteiger charge is 2.19. The SMILES string of the molecule is COc1cccc(NS(=O)(=O)c2cc(C)cc(N)c2C)c1. The number of rotatable bonds is 4. The van der Waals surface area contributed by atoms with E-state index in [4.69, 9.17) is 10.5 Å². The van der Waals surface area contributed by atoms with E-state index >= 15 is 0 Å². The Balaban J connectivity index is 2.43. The molecular weight excluding hydrogens is 288 g/mol. The second-order valence-electron chi connectivity index (χ2n) is 4.81. The molecule has 3 N–H and O–H groups in total. The zero-order valence-electron chi connectivity index (χ0n) is 12.2. The van der Waals surface area contributed by atoms with Gasteiger partial charge in [0.2, 0.25) is 0 Å². The summed E-state index contributed by atoms with van der Waals surface area (Å²) in [5, 5.41) is 0. The van der Waals surface area contributed by atoms with Gasteiger partial charge in [0.05, 0.1) is 17.7 Å². The van der Waals surface area contributed by atoms with Gasteiger partial charge in [-0.15, -0.1) is 0 Å². The number of anilines is 2. The Morgan fingerprint density at radius 1 is 1.14 bits per heavy atom. The Labute approximate surface area is 124 Å². The lowest BCUT2D eigenvalue weighted by Crippen LogP contribution is -2.15. The van der Waals surface area contributed by atoms with Gasteiger partial charge in [-0.25, -0.2) is 8.42 Å². The number of ether oxygens (including phenoxy) is 1. The van der Waals surface area contributed by atoms with Crippen LogP contribution in [0.4, 0.5) is 11.4 Å². The van der Waals surface area contributed by atoms with Crippen LogP contribution in [0.2, 0.25) is 0 Å². The summed E-state index contributed by atoms with van der Waals surface area (Å²) in [5.74, 6) is 0.579.